The fourth-order valence-electron chi connectivity index (χ4n) is 2.89. The third-order valence-corrected chi connectivity index (χ3v) is 5.52. The lowest BCUT2D eigenvalue weighted by Gasteiger charge is -2.22. The Bertz CT molecular complexity index is 415. The molecule has 1 unspecified atom stereocenters. The van der Waals surface area contributed by atoms with E-state index in [1.165, 1.54) is 31.2 Å². The minimum atomic E-state index is -0.135. The molecule has 0 amide bonds. The highest BCUT2D eigenvalue weighted by atomic mass is 32.2. The molecule has 1 nitrogen and oxygen atoms in total. The molecule has 0 heterocycles. The molecule has 0 radical (unpaired) electrons. The van der Waals surface area contributed by atoms with Gasteiger partial charge in [-0.15, -0.1) is 0 Å². The van der Waals surface area contributed by atoms with Crippen LogP contribution in [0, 0.1) is 12.7 Å². The summed E-state index contributed by atoms with van der Waals surface area (Å²) in [5, 5.41) is 4.46. The molecule has 0 aromatic heterocycles. The maximum atomic E-state index is 13.3. The summed E-state index contributed by atoms with van der Waals surface area (Å²) < 4.78 is 13.3. The van der Waals surface area contributed by atoms with Gasteiger partial charge in [-0.05, 0) is 56.0 Å². The molecule has 1 saturated carbocycles. The molecule has 112 valence electrons. The lowest BCUT2D eigenvalue weighted by Crippen LogP contribution is -2.25. The van der Waals surface area contributed by atoms with Crippen molar-refractivity contribution in [3.05, 3.63) is 35.1 Å². The minimum absolute atomic E-state index is 0.135. The van der Waals surface area contributed by atoms with Gasteiger partial charge in [0.15, 0.2) is 0 Å². The van der Waals surface area contributed by atoms with Crippen LogP contribution < -0.4 is 5.32 Å². The van der Waals surface area contributed by atoms with Crippen molar-refractivity contribution in [2.24, 2.45) is 0 Å². The van der Waals surface area contributed by atoms with Crippen LogP contribution in [-0.4, -0.2) is 17.5 Å². The maximum absolute atomic E-state index is 13.3. The van der Waals surface area contributed by atoms with E-state index in [0.717, 1.165) is 29.5 Å². The number of halogens is 1. The van der Waals surface area contributed by atoms with E-state index in [9.17, 15) is 4.39 Å². The van der Waals surface area contributed by atoms with Crippen LogP contribution in [0.15, 0.2) is 18.2 Å². The van der Waals surface area contributed by atoms with Gasteiger partial charge < -0.3 is 5.32 Å². The maximum Gasteiger partial charge on any atom is 0.123 e. The molecule has 1 fully saturated rings. The van der Waals surface area contributed by atoms with Crippen molar-refractivity contribution >= 4 is 11.8 Å². The molecule has 0 saturated heterocycles. The molecule has 3 heteroatoms. The van der Waals surface area contributed by atoms with Crippen LogP contribution in [-0.2, 0) is 0 Å². The quantitative estimate of drug-likeness (QED) is 0.771. The van der Waals surface area contributed by atoms with Crippen LogP contribution in [0.1, 0.15) is 56.2 Å². The Hall–Kier alpha value is -0.540. The first-order valence-electron chi connectivity index (χ1n) is 7.81. The number of thioether (sulfide) groups is 1. The first kappa shape index (κ1) is 15.8. The van der Waals surface area contributed by atoms with E-state index in [4.69, 9.17) is 0 Å². The zero-order valence-electron chi connectivity index (χ0n) is 12.6. The fraction of sp³-hybridized carbons (Fsp3) is 0.647. The number of hydrogen-bond donors (Lipinski definition) is 1. The van der Waals surface area contributed by atoms with Gasteiger partial charge in [-0.3, -0.25) is 0 Å². The van der Waals surface area contributed by atoms with E-state index in [1.807, 2.05) is 13.0 Å². The molecule has 0 spiro atoms. The first-order chi connectivity index (χ1) is 9.70. The van der Waals surface area contributed by atoms with Crippen LogP contribution in [0.2, 0.25) is 0 Å². The van der Waals surface area contributed by atoms with E-state index in [1.54, 1.807) is 12.1 Å². The van der Waals surface area contributed by atoms with E-state index in [-0.39, 0.29) is 5.82 Å². The third-order valence-electron chi connectivity index (χ3n) is 4.05. The van der Waals surface area contributed by atoms with Crippen LogP contribution in [0.4, 0.5) is 4.39 Å². The molecule has 1 aromatic rings. The van der Waals surface area contributed by atoms with Gasteiger partial charge in [-0.25, -0.2) is 4.39 Å². The summed E-state index contributed by atoms with van der Waals surface area (Å²) in [6, 6.07) is 5.54. The summed E-state index contributed by atoms with van der Waals surface area (Å²) >= 11 is 2.09. The second-order valence-electron chi connectivity index (χ2n) is 5.75. The number of hydrogen-bond acceptors (Lipinski definition) is 2. The highest BCUT2D eigenvalue weighted by Gasteiger charge is 2.19. The molecule has 1 aliphatic rings. The number of rotatable bonds is 7. The smallest absolute Gasteiger partial charge is 0.123 e. The second-order valence-corrected chi connectivity index (χ2v) is 7.08. The molecule has 1 N–H and O–H groups in total. The lowest BCUT2D eigenvalue weighted by atomic mass is 10.0. The molecular weight excluding hydrogens is 269 g/mol. The normalized spacial score (nSPS) is 17.6. The summed E-state index contributed by atoms with van der Waals surface area (Å²) in [6.07, 6.45) is 6.65. The molecule has 0 bridgehead atoms. The van der Waals surface area contributed by atoms with Gasteiger partial charge >= 0.3 is 0 Å². The van der Waals surface area contributed by atoms with Gasteiger partial charge in [0.25, 0.3) is 0 Å². The zero-order valence-corrected chi connectivity index (χ0v) is 13.4. The summed E-state index contributed by atoms with van der Waals surface area (Å²) in [6.45, 7) is 5.22. The zero-order chi connectivity index (χ0) is 14.4. The van der Waals surface area contributed by atoms with Crippen LogP contribution in [0.5, 0.6) is 0 Å². The molecule has 20 heavy (non-hydrogen) atoms. The minimum Gasteiger partial charge on any atom is -0.309 e. The summed E-state index contributed by atoms with van der Waals surface area (Å²) in [4.78, 5) is 0. The van der Waals surface area contributed by atoms with Gasteiger partial charge in [-0.1, -0.05) is 25.8 Å². The first-order valence-corrected chi connectivity index (χ1v) is 8.86. The van der Waals surface area contributed by atoms with Crippen molar-refractivity contribution in [1.29, 1.82) is 0 Å². The van der Waals surface area contributed by atoms with E-state index < -0.39 is 0 Å². The van der Waals surface area contributed by atoms with Crippen molar-refractivity contribution in [3.63, 3.8) is 0 Å². The Morgan fingerprint density at radius 2 is 2.10 bits per heavy atom. The topological polar surface area (TPSA) is 12.0 Å². The molecule has 2 rings (SSSR count). The largest absolute Gasteiger partial charge is 0.309 e. The van der Waals surface area contributed by atoms with Gasteiger partial charge in [0.1, 0.15) is 5.82 Å². The van der Waals surface area contributed by atoms with Crippen LogP contribution in [0.25, 0.3) is 0 Å². The van der Waals surface area contributed by atoms with E-state index in [2.05, 4.69) is 24.0 Å². The molecular formula is C17H26FNS. The van der Waals surface area contributed by atoms with Crippen molar-refractivity contribution in [2.75, 3.05) is 12.3 Å². The van der Waals surface area contributed by atoms with Crippen LogP contribution >= 0.6 is 11.8 Å². The van der Waals surface area contributed by atoms with Gasteiger partial charge in [-0.2, -0.15) is 11.8 Å². The van der Waals surface area contributed by atoms with E-state index in [0.29, 0.717) is 6.04 Å². The Morgan fingerprint density at radius 1 is 1.35 bits per heavy atom. The molecule has 1 aromatic carbocycles. The van der Waals surface area contributed by atoms with Gasteiger partial charge in [0, 0.05) is 17.0 Å². The highest BCUT2D eigenvalue weighted by Crippen LogP contribution is 2.32. The SMILES string of the molecule is CCCNC(CSC1CCCC1)c1ccc(F)cc1C. The average Bonchev–Trinajstić information content (AvgIpc) is 2.93. The van der Waals surface area contributed by atoms with Crippen LogP contribution in [0.3, 0.4) is 0 Å². The second kappa shape index (κ2) is 8.04. The molecule has 1 atom stereocenters. The monoisotopic (exact) mass is 295 g/mol. The molecule has 0 aliphatic heterocycles. The van der Waals surface area contributed by atoms with Crippen molar-refractivity contribution < 1.29 is 4.39 Å². The number of benzene rings is 1. The fourth-order valence-corrected chi connectivity index (χ4v) is 4.32. The summed E-state index contributed by atoms with van der Waals surface area (Å²) in [5.41, 5.74) is 2.32. The van der Waals surface area contributed by atoms with E-state index >= 15 is 0 Å². The predicted octanol–water partition coefficient (Wildman–Crippen LogP) is 4.85. The Labute approximate surface area is 126 Å². The lowest BCUT2D eigenvalue weighted by molar-refractivity contribution is 0.570. The number of aryl methyl sites for hydroxylation is 1. The van der Waals surface area contributed by atoms with Gasteiger partial charge in [0.2, 0.25) is 0 Å². The average molecular weight is 295 g/mol. The predicted molar refractivity (Wildman–Crippen MR) is 86.9 cm³/mol. The standard InChI is InChI=1S/C17H26FNS/c1-3-10-19-17(12-20-15-6-4-5-7-15)16-9-8-14(18)11-13(16)2/h8-9,11,15,17,19H,3-7,10,12H2,1-2H3. The number of nitrogens with one attached hydrogen (secondary N) is 1. The van der Waals surface area contributed by atoms with Crippen molar-refractivity contribution in [1.82, 2.24) is 5.32 Å². The van der Waals surface area contributed by atoms with Gasteiger partial charge in [0.05, 0.1) is 0 Å². The Balaban J connectivity index is 2.01. The van der Waals surface area contributed by atoms with Crippen molar-refractivity contribution in [3.8, 4) is 0 Å². The Morgan fingerprint density at radius 3 is 2.75 bits per heavy atom. The summed E-state index contributed by atoms with van der Waals surface area (Å²) in [5.74, 6) is 0.959. The third kappa shape index (κ3) is 4.49. The highest BCUT2D eigenvalue weighted by molar-refractivity contribution is 7.99. The summed E-state index contributed by atoms with van der Waals surface area (Å²) in [7, 11) is 0. The Kier molecular flexibility index (Phi) is 6.37. The van der Waals surface area contributed by atoms with Crippen molar-refractivity contribution in [2.45, 2.75) is 57.2 Å². The molecule has 1 aliphatic carbocycles.